The normalized spacial score (nSPS) is 20.0. The van der Waals surface area contributed by atoms with Crippen LogP contribution in [0.4, 0.5) is 5.69 Å². The Balaban J connectivity index is 2.19. The third-order valence-corrected chi connectivity index (χ3v) is 9.27. The van der Waals surface area contributed by atoms with Crippen molar-refractivity contribution in [2.75, 3.05) is 5.73 Å². The van der Waals surface area contributed by atoms with Crippen LogP contribution in [0.2, 0.25) is 18.1 Å². The van der Waals surface area contributed by atoms with E-state index in [0.29, 0.717) is 17.0 Å². The van der Waals surface area contributed by atoms with E-state index in [2.05, 4.69) is 33.9 Å². The largest absolute Gasteiger partial charge is 0.543 e. The maximum absolute atomic E-state index is 12.7. The molecule has 0 aromatic heterocycles. The Hall–Kier alpha value is -1.86. The highest BCUT2D eigenvalue weighted by molar-refractivity contribution is 6.74. The fraction of sp³-hybridized carbons (Fsp3) is 0.579. The van der Waals surface area contributed by atoms with E-state index in [4.69, 9.17) is 19.6 Å². The van der Waals surface area contributed by atoms with Crippen molar-refractivity contribution in [1.29, 1.82) is 0 Å². The van der Waals surface area contributed by atoms with Crippen LogP contribution in [-0.2, 0) is 14.3 Å². The summed E-state index contributed by atoms with van der Waals surface area (Å²) < 4.78 is 16.8. The molecular formula is C19H29NO5Si. The van der Waals surface area contributed by atoms with Gasteiger partial charge in [0.2, 0.25) is 14.1 Å². The summed E-state index contributed by atoms with van der Waals surface area (Å²) in [6, 6.07) is 5.09. The van der Waals surface area contributed by atoms with Crippen LogP contribution in [-0.4, -0.2) is 32.0 Å². The molecule has 1 atom stereocenters. The van der Waals surface area contributed by atoms with Gasteiger partial charge >= 0.3 is 5.97 Å². The average molecular weight is 380 g/mol. The summed E-state index contributed by atoms with van der Waals surface area (Å²) in [5.41, 5.74) is 6.67. The first-order chi connectivity index (χ1) is 11.7. The van der Waals surface area contributed by atoms with Crippen LogP contribution in [0.15, 0.2) is 18.2 Å². The van der Waals surface area contributed by atoms with Crippen molar-refractivity contribution in [3.8, 4) is 5.75 Å². The Morgan fingerprint density at radius 2 is 1.92 bits per heavy atom. The van der Waals surface area contributed by atoms with Crippen molar-refractivity contribution in [3.05, 3.63) is 23.8 Å². The van der Waals surface area contributed by atoms with E-state index in [0.717, 1.165) is 0 Å². The first-order valence-electron chi connectivity index (χ1n) is 8.74. The van der Waals surface area contributed by atoms with Gasteiger partial charge in [-0.3, -0.25) is 4.79 Å². The second-order valence-corrected chi connectivity index (χ2v) is 13.4. The Kier molecular flexibility index (Phi) is 5.27. The molecular weight excluding hydrogens is 350 g/mol. The quantitative estimate of drug-likeness (QED) is 0.361. The molecule has 7 heteroatoms. The number of ether oxygens (including phenoxy) is 2. The van der Waals surface area contributed by atoms with Crippen LogP contribution >= 0.6 is 0 Å². The molecule has 1 aromatic carbocycles. The van der Waals surface area contributed by atoms with Gasteiger partial charge in [0.05, 0.1) is 0 Å². The number of ketones is 1. The Morgan fingerprint density at radius 1 is 1.31 bits per heavy atom. The number of esters is 1. The van der Waals surface area contributed by atoms with Gasteiger partial charge in [-0.05, 0) is 36.3 Å². The van der Waals surface area contributed by atoms with Crippen LogP contribution in [0, 0.1) is 0 Å². The Morgan fingerprint density at radius 3 is 2.42 bits per heavy atom. The summed E-state index contributed by atoms with van der Waals surface area (Å²) in [5.74, 6) is -1.20. The van der Waals surface area contributed by atoms with E-state index in [9.17, 15) is 9.59 Å². The molecule has 1 aliphatic heterocycles. The molecule has 2 rings (SSSR count). The highest BCUT2D eigenvalue weighted by Crippen LogP contribution is 2.38. The molecule has 0 amide bonds. The van der Waals surface area contributed by atoms with Crippen molar-refractivity contribution in [2.45, 2.75) is 71.1 Å². The van der Waals surface area contributed by atoms with Gasteiger partial charge < -0.3 is 19.6 Å². The average Bonchev–Trinajstić information content (AvgIpc) is 2.71. The fourth-order valence-corrected chi connectivity index (χ4v) is 3.44. The van der Waals surface area contributed by atoms with Crippen molar-refractivity contribution in [1.82, 2.24) is 0 Å². The lowest BCUT2D eigenvalue weighted by atomic mass is 10.0. The van der Waals surface area contributed by atoms with Gasteiger partial charge in [0.15, 0.2) is 11.9 Å². The van der Waals surface area contributed by atoms with Gasteiger partial charge in [0.25, 0.3) is 0 Å². The molecule has 1 aromatic rings. The predicted octanol–water partition coefficient (Wildman–Crippen LogP) is 3.90. The molecule has 1 saturated heterocycles. The minimum absolute atomic E-state index is 0.0333. The summed E-state index contributed by atoms with van der Waals surface area (Å²) in [5, 5.41) is 0.0333. The zero-order chi connectivity index (χ0) is 19.9. The van der Waals surface area contributed by atoms with E-state index in [1.807, 2.05) is 0 Å². The van der Waals surface area contributed by atoms with Crippen molar-refractivity contribution in [3.63, 3.8) is 0 Å². The Labute approximate surface area is 156 Å². The standard InChI is InChI=1S/C19H29NO5Si/c1-18(2,3)26(6,7)25-12-8-9-14(20)13(10-12)15(21)11-16-17(22)24-19(4,5)23-16/h8-10,16H,11,20H2,1-7H3/t16-/m0/s1. The Bertz CT molecular complexity index is 721. The number of carbonyl (C=O) groups is 2. The van der Waals surface area contributed by atoms with Crippen molar-refractivity contribution < 1.29 is 23.5 Å². The molecule has 144 valence electrons. The van der Waals surface area contributed by atoms with Crippen LogP contribution in [0.5, 0.6) is 5.75 Å². The van der Waals surface area contributed by atoms with E-state index in [1.165, 1.54) is 0 Å². The van der Waals surface area contributed by atoms with Crippen LogP contribution in [0.3, 0.4) is 0 Å². The molecule has 1 fully saturated rings. The summed E-state index contributed by atoms with van der Waals surface area (Å²) in [6.45, 7) is 14.0. The number of carbonyl (C=O) groups excluding carboxylic acids is 2. The van der Waals surface area contributed by atoms with Crippen LogP contribution in [0.1, 0.15) is 51.4 Å². The second-order valence-electron chi connectivity index (χ2n) is 8.67. The maximum Gasteiger partial charge on any atom is 0.338 e. The van der Waals surface area contributed by atoms with Gasteiger partial charge in [-0.25, -0.2) is 4.79 Å². The van der Waals surface area contributed by atoms with E-state index in [-0.39, 0.29) is 17.2 Å². The fourth-order valence-electron chi connectivity index (χ4n) is 2.41. The number of benzene rings is 1. The SMILES string of the molecule is CC1(C)OC(=O)[C@H](CC(=O)c2cc(O[Si](C)(C)C(C)(C)C)ccc2N)O1. The second kappa shape index (κ2) is 6.70. The first kappa shape index (κ1) is 20.4. The molecule has 0 spiro atoms. The number of cyclic esters (lactones) is 1. The van der Waals surface area contributed by atoms with E-state index >= 15 is 0 Å². The van der Waals surface area contributed by atoms with Crippen molar-refractivity contribution >= 4 is 25.8 Å². The molecule has 0 bridgehead atoms. The molecule has 0 unspecified atom stereocenters. The molecule has 0 aliphatic carbocycles. The number of rotatable bonds is 5. The minimum atomic E-state index is -2.04. The molecule has 26 heavy (non-hydrogen) atoms. The third kappa shape index (κ3) is 4.45. The van der Waals surface area contributed by atoms with Gasteiger partial charge in [0.1, 0.15) is 5.75 Å². The highest BCUT2D eigenvalue weighted by Gasteiger charge is 2.42. The molecule has 1 aliphatic rings. The number of nitrogen functional groups attached to an aromatic ring is 1. The molecule has 1 heterocycles. The molecule has 0 radical (unpaired) electrons. The van der Waals surface area contributed by atoms with Crippen molar-refractivity contribution in [2.24, 2.45) is 0 Å². The topological polar surface area (TPSA) is 87.9 Å². The van der Waals surface area contributed by atoms with Crippen LogP contribution < -0.4 is 10.2 Å². The van der Waals surface area contributed by atoms with E-state index in [1.54, 1.807) is 32.0 Å². The van der Waals surface area contributed by atoms with E-state index < -0.39 is 26.2 Å². The summed E-state index contributed by atoms with van der Waals surface area (Å²) in [4.78, 5) is 24.5. The van der Waals surface area contributed by atoms with Crippen LogP contribution in [0.25, 0.3) is 0 Å². The summed E-state index contributed by atoms with van der Waals surface area (Å²) in [7, 11) is -2.04. The molecule has 2 N–H and O–H groups in total. The molecule has 0 saturated carbocycles. The van der Waals surface area contributed by atoms with Gasteiger partial charge in [-0.2, -0.15) is 0 Å². The monoisotopic (exact) mass is 379 g/mol. The van der Waals surface area contributed by atoms with Gasteiger partial charge in [-0.15, -0.1) is 0 Å². The third-order valence-electron chi connectivity index (χ3n) is 4.91. The number of hydrogen-bond donors (Lipinski definition) is 1. The molecule has 6 nitrogen and oxygen atoms in total. The smallest absolute Gasteiger partial charge is 0.338 e. The van der Waals surface area contributed by atoms with Gasteiger partial charge in [-0.1, -0.05) is 20.8 Å². The number of anilines is 1. The number of Topliss-reactive ketones (excluding diaryl/α,β-unsaturated/α-hetero) is 1. The number of nitrogens with two attached hydrogens (primary N) is 1. The summed E-state index contributed by atoms with van der Waals surface area (Å²) in [6.07, 6.45) is -1.03. The first-order valence-corrected chi connectivity index (χ1v) is 11.7. The zero-order valence-electron chi connectivity index (χ0n) is 16.6. The maximum atomic E-state index is 12.7. The zero-order valence-corrected chi connectivity index (χ0v) is 17.6. The van der Waals surface area contributed by atoms with Gasteiger partial charge in [0, 0.05) is 31.5 Å². The lowest BCUT2D eigenvalue weighted by molar-refractivity contribution is -0.160. The number of hydrogen-bond acceptors (Lipinski definition) is 6. The minimum Gasteiger partial charge on any atom is -0.543 e. The predicted molar refractivity (Wildman–Crippen MR) is 103 cm³/mol. The lowest BCUT2D eigenvalue weighted by Gasteiger charge is -2.36. The lowest BCUT2D eigenvalue weighted by Crippen LogP contribution is -2.43. The highest BCUT2D eigenvalue weighted by atomic mass is 28.4. The summed E-state index contributed by atoms with van der Waals surface area (Å²) >= 11 is 0.